The Hall–Kier alpha value is -3.80. The quantitative estimate of drug-likeness (QED) is 0.336. The van der Waals surface area contributed by atoms with Crippen molar-refractivity contribution < 1.29 is 22.5 Å². The van der Waals surface area contributed by atoms with Crippen LogP contribution >= 0.6 is 11.6 Å². The van der Waals surface area contributed by atoms with Crippen LogP contribution in [0.1, 0.15) is 11.3 Å². The Bertz CT molecular complexity index is 1410. The highest BCUT2D eigenvalue weighted by Crippen LogP contribution is 2.34. The van der Waals surface area contributed by atoms with E-state index in [4.69, 9.17) is 16.0 Å². The number of halogens is 4. The molecule has 0 aliphatic heterocycles. The monoisotopic (exact) mass is 451 g/mol. The molecular formula is C18H9ClF3N5O4. The molecule has 1 aromatic carbocycles. The number of fused-ring (bicyclic) bond motifs is 1. The molecular weight excluding hydrogens is 443 g/mol. The van der Waals surface area contributed by atoms with E-state index in [0.717, 1.165) is 10.7 Å². The summed E-state index contributed by atoms with van der Waals surface area (Å²) in [5.74, 6) is -0.626. The number of nitrogens with zero attached hydrogens (tertiary/aromatic N) is 5. The van der Waals surface area contributed by atoms with Crippen LogP contribution in [0, 0.1) is 17.0 Å². The predicted octanol–water partition coefficient (Wildman–Crippen LogP) is 4.32. The van der Waals surface area contributed by atoms with Gasteiger partial charge in [-0.3, -0.25) is 10.1 Å². The molecule has 0 aliphatic rings. The van der Waals surface area contributed by atoms with Crippen LogP contribution in [0.5, 0.6) is 0 Å². The molecule has 0 bridgehead atoms. The summed E-state index contributed by atoms with van der Waals surface area (Å²) in [6, 6.07) is 5.69. The minimum Gasteiger partial charge on any atom is -0.401 e. The van der Waals surface area contributed by atoms with Crippen LogP contribution in [0.15, 0.2) is 45.7 Å². The molecule has 4 aromatic rings. The standard InChI is InChI=1S/C18H9ClF3N5O4/c1-8-5-9(27(29)30)6-10-14(8)24-16(31-17(10)28)12-7-13(18(20,21)22)25-26(12)15-11(19)3-2-4-23-15/h2-7H,1H3. The summed E-state index contributed by atoms with van der Waals surface area (Å²) in [4.78, 5) is 30.9. The third-order valence-electron chi connectivity index (χ3n) is 4.28. The number of nitro benzene ring substituents is 1. The molecule has 31 heavy (non-hydrogen) atoms. The normalized spacial score (nSPS) is 11.8. The van der Waals surface area contributed by atoms with E-state index >= 15 is 0 Å². The van der Waals surface area contributed by atoms with Crippen molar-refractivity contribution in [3.63, 3.8) is 0 Å². The summed E-state index contributed by atoms with van der Waals surface area (Å²) >= 11 is 6.06. The van der Waals surface area contributed by atoms with E-state index in [0.29, 0.717) is 6.07 Å². The topological polar surface area (TPSA) is 117 Å². The van der Waals surface area contributed by atoms with Gasteiger partial charge in [0.05, 0.1) is 20.8 Å². The zero-order valence-electron chi connectivity index (χ0n) is 15.3. The molecule has 3 aromatic heterocycles. The molecule has 0 unspecified atom stereocenters. The van der Waals surface area contributed by atoms with Crippen molar-refractivity contribution in [2.75, 3.05) is 0 Å². The molecule has 0 aliphatic carbocycles. The highest BCUT2D eigenvalue weighted by atomic mass is 35.5. The van der Waals surface area contributed by atoms with Crippen molar-refractivity contribution in [1.82, 2.24) is 19.7 Å². The van der Waals surface area contributed by atoms with Crippen molar-refractivity contribution in [1.29, 1.82) is 0 Å². The second-order valence-electron chi connectivity index (χ2n) is 6.36. The van der Waals surface area contributed by atoms with Gasteiger partial charge in [-0.2, -0.15) is 18.3 Å². The first-order valence-electron chi connectivity index (χ1n) is 8.44. The molecule has 0 N–H and O–H groups in total. The second kappa shape index (κ2) is 7.16. The Balaban J connectivity index is 2.02. The minimum atomic E-state index is -4.81. The van der Waals surface area contributed by atoms with Gasteiger partial charge in [0.25, 0.3) is 5.69 Å². The number of aromatic nitrogens is 4. The number of hydrogen-bond acceptors (Lipinski definition) is 7. The number of benzene rings is 1. The van der Waals surface area contributed by atoms with Gasteiger partial charge in [-0.05, 0) is 24.6 Å². The van der Waals surface area contributed by atoms with Crippen LogP contribution in [0.4, 0.5) is 18.9 Å². The smallest absolute Gasteiger partial charge is 0.401 e. The summed E-state index contributed by atoms with van der Waals surface area (Å²) < 4.78 is 45.8. The average Bonchev–Trinajstić information content (AvgIpc) is 3.14. The third kappa shape index (κ3) is 3.61. The molecule has 0 saturated heterocycles. The summed E-state index contributed by atoms with van der Waals surface area (Å²) in [5.41, 5.74) is -2.68. The molecule has 0 spiro atoms. The van der Waals surface area contributed by atoms with Gasteiger partial charge in [-0.25, -0.2) is 19.4 Å². The predicted molar refractivity (Wildman–Crippen MR) is 102 cm³/mol. The highest BCUT2D eigenvalue weighted by Gasteiger charge is 2.36. The lowest BCUT2D eigenvalue weighted by Gasteiger charge is -2.08. The number of rotatable bonds is 3. The van der Waals surface area contributed by atoms with Gasteiger partial charge in [0.2, 0.25) is 5.89 Å². The highest BCUT2D eigenvalue weighted by molar-refractivity contribution is 6.32. The first-order valence-corrected chi connectivity index (χ1v) is 8.82. The molecule has 9 nitrogen and oxygen atoms in total. The number of hydrogen-bond donors (Lipinski definition) is 0. The Morgan fingerprint density at radius 3 is 2.65 bits per heavy atom. The Morgan fingerprint density at radius 1 is 1.26 bits per heavy atom. The van der Waals surface area contributed by atoms with Gasteiger partial charge in [-0.1, -0.05) is 11.6 Å². The zero-order valence-corrected chi connectivity index (χ0v) is 16.1. The van der Waals surface area contributed by atoms with E-state index in [1.54, 1.807) is 0 Å². The fourth-order valence-electron chi connectivity index (χ4n) is 2.91. The molecule has 0 atom stereocenters. The molecule has 0 saturated carbocycles. The van der Waals surface area contributed by atoms with Gasteiger partial charge >= 0.3 is 11.8 Å². The van der Waals surface area contributed by atoms with Crippen molar-refractivity contribution in [3.8, 4) is 17.4 Å². The Labute approximate surface area is 174 Å². The van der Waals surface area contributed by atoms with Crippen LogP contribution in [-0.2, 0) is 6.18 Å². The maximum absolute atomic E-state index is 13.3. The lowest BCUT2D eigenvalue weighted by Crippen LogP contribution is -2.09. The third-order valence-corrected chi connectivity index (χ3v) is 4.57. The van der Waals surface area contributed by atoms with Crippen LogP contribution in [0.25, 0.3) is 28.3 Å². The van der Waals surface area contributed by atoms with Crippen molar-refractivity contribution >= 4 is 28.2 Å². The van der Waals surface area contributed by atoms with Crippen LogP contribution in [-0.4, -0.2) is 24.7 Å². The SMILES string of the molecule is Cc1cc([N+](=O)[O-])cc2c(=O)oc(-c3cc(C(F)(F)F)nn3-c3ncccc3Cl)nc12. The lowest BCUT2D eigenvalue weighted by atomic mass is 10.1. The summed E-state index contributed by atoms with van der Waals surface area (Å²) in [5, 5.41) is 14.4. The van der Waals surface area contributed by atoms with Gasteiger partial charge in [0.1, 0.15) is 5.69 Å². The fraction of sp³-hybridized carbons (Fsp3) is 0.111. The average molecular weight is 452 g/mol. The van der Waals surface area contributed by atoms with Gasteiger partial charge in [0.15, 0.2) is 11.5 Å². The van der Waals surface area contributed by atoms with E-state index < -0.39 is 28.3 Å². The van der Waals surface area contributed by atoms with Crippen LogP contribution < -0.4 is 5.63 Å². The van der Waals surface area contributed by atoms with Crippen LogP contribution in [0.3, 0.4) is 0 Å². The van der Waals surface area contributed by atoms with Gasteiger partial charge in [0, 0.05) is 24.4 Å². The first-order chi connectivity index (χ1) is 14.6. The Morgan fingerprint density at radius 2 is 2.00 bits per heavy atom. The number of non-ortho nitro benzene ring substituents is 1. The van der Waals surface area contributed by atoms with E-state index in [9.17, 15) is 28.1 Å². The zero-order chi connectivity index (χ0) is 22.5. The maximum atomic E-state index is 13.3. The van der Waals surface area contributed by atoms with E-state index in [2.05, 4.69) is 15.1 Å². The molecule has 13 heteroatoms. The number of nitro groups is 1. The minimum absolute atomic E-state index is 0.00415. The number of alkyl halides is 3. The molecule has 0 amide bonds. The summed E-state index contributed by atoms with van der Waals surface area (Å²) in [6.45, 7) is 1.47. The van der Waals surface area contributed by atoms with Gasteiger partial charge in [-0.15, -0.1) is 0 Å². The second-order valence-corrected chi connectivity index (χ2v) is 6.76. The number of aryl methyl sites for hydroxylation is 1. The molecule has 0 radical (unpaired) electrons. The lowest BCUT2D eigenvalue weighted by molar-refractivity contribution is -0.384. The Kier molecular flexibility index (Phi) is 4.73. The summed E-state index contributed by atoms with van der Waals surface area (Å²) in [7, 11) is 0. The van der Waals surface area contributed by atoms with Crippen molar-refractivity contribution in [3.05, 3.63) is 73.3 Å². The van der Waals surface area contributed by atoms with Gasteiger partial charge < -0.3 is 4.42 Å². The molecule has 3 heterocycles. The van der Waals surface area contributed by atoms with E-state index in [-0.39, 0.29) is 38.7 Å². The van der Waals surface area contributed by atoms with Crippen molar-refractivity contribution in [2.45, 2.75) is 13.1 Å². The summed E-state index contributed by atoms with van der Waals surface area (Å²) in [6.07, 6.45) is -3.51. The largest absolute Gasteiger partial charge is 0.435 e. The maximum Gasteiger partial charge on any atom is 0.435 e. The van der Waals surface area contributed by atoms with E-state index in [1.807, 2.05) is 0 Å². The molecule has 158 valence electrons. The van der Waals surface area contributed by atoms with Crippen molar-refractivity contribution in [2.24, 2.45) is 0 Å². The number of pyridine rings is 1. The first kappa shape index (κ1) is 20.5. The molecule has 0 fully saturated rings. The fourth-order valence-corrected chi connectivity index (χ4v) is 3.11. The molecule has 4 rings (SSSR count). The van der Waals surface area contributed by atoms with Crippen LogP contribution in [0.2, 0.25) is 5.02 Å². The van der Waals surface area contributed by atoms with E-state index in [1.165, 1.54) is 31.3 Å².